The van der Waals surface area contributed by atoms with Crippen molar-refractivity contribution in [2.45, 2.75) is 31.8 Å². The highest BCUT2D eigenvalue weighted by Crippen LogP contribution is 2.34. The first-order valence-corrected chi connectivity index (χ1v) is 9.05. The number of amides is 1. The second-order valence-corrected chi connectivity index (χ2v) is 7.30. The molecule has 1 fully saturated rings. The molecule has 4 rings (SSSR count). The SMILES string of the molecule is COCC1CN(C(=O)c2ccsc2)Cc2c1cnn2CC1CC1. The van der Waals surface area contributed by atoms with E-state index in [1.807, 2.05) is 27.9 Å². The van der Waals surface area contributed by atoms with Crippen LogP contribution >= 0.6 is 11.3 Å². The monoisotopic (exact) mass is 331 g/mol. The number of nitrogens with zero attached hydrogens (tertiary/aromatic N) is 3. The molecule has 0 bridgehead atoms. The van der Waals surface area contributed by atoms with Gasteiger partial charge in [-0.3, -0.25) is 9.48 Å². The molecule has 1 unspecified atom stereocenters. The minimum atomic E-state index is 0.108. The van der Waals surface area contributed by atoms with Crippen molar-refractivity contribution >= 4 is 17.2 Å². The molecule has 1 aliphatic heterocycles. The lowest BCUT2D eigenvalue weighted by molar-refractivity contribution is 0.0674. The van der Waals surface area contributed by atoms with Crippen LogP contribution in [0.2, 0.25) is 0 Å². The van der Waals surface area contributed by atoms with Gasteiger partial charge in [0.15, 0.2) is 0 Å². The Morgan fingerprint density at radius 3 is 3.04 bits per heavy atom. The van der Waals surface area contributed by atoms with E-state index in [1.54, 1.807) is 18.4 Å². The molecule has 2 aromatic heterocycles. The summed E-state index contributed by atoms with van der Waals surface area (Å²) in [5.74, 6) is 1.08. The zero-order chi connectivity index (χ0) is 15.8. The molecule has 0 aromatic carbocycles. The highest BCUT2D eigenvalue weighted by molar-refractivity contribution is 7.08. The number of methoxy groups -OCH3 is 1. The zero-order valence-corrected chi connectivity index (χ0v) is 14.1. The second kappa shape index (κ2) is 6.09. The maximum absolute atomic E-state index is 12.8. The minimum Gasteiger partial charge on any atom is -0.384 e. The molecule has 1 saturated carbocycles. The van der Waals surface area contributed by atoms with Crippen LogP contribution in [0.4, 0.5) is 0 Å². The third kappa shape index (κ3) is 2.93. The predicted octanol–water partition coefficient (Wildman–Crippen LogP) is 2.74. The van der Waals surface area contributed by atoms with Crippen LogP contribution in [0, 0.1) is 5.92 Å². The Morgan fingerprint density at radius 1 is 1.48 bits per heavy atom. The van der Waals surface area contributed by atoms with Crippen molar-refractivity contribution in [3.05, 3.63) is 39.8 Å². The first-order chi connectivity index (χ1) is 11.3. The average Bonchev–Trinajstić information content (AvgIpc) is 3.05. The van der Waals surface area contributed by atoms with Crippen LogP contribution in [-0.2, 0) is 17.8 Å². The summed E-state index contributed by atoms with van der Waals surface area (Å²) < 4.78 is 7.50. The van der Waals surface area contributed by atoms with Crippen molar-refractivity contribution in [2.24, 2.45) is 5.92 Å². The van der Waals surface area contributed by atoms with Gasteiger partial charge in [0, 0.05) is 37.1 Å². The predicted molar refractivity (Wildman–Crippen MR) is 88.6 cm³/mol. The van der Waals surface area contributed by atoms with E-state index in [4.69, 9.17) is 4.74 Å². The third-order valence-corrected chi connectivity index (χ3v) is 5.44. The van der Waals surface area contributed by atoms with Gasteiger partial charge in [0.1, 0.15) is 0 Å². The van der Waals surface area contributed by atoms with Gasteiger partial charge in [-0.25, -0.2) is 0 Å². The van der Waals surface area contributed by atoms with E-state index in [0.717, 1.165) is 18.0 Å². The van der Waals surface area contributed by atoms with Gasteiger partial charge in [-0.1, -0.05) is 0 Å². The molecule has 0 N–H and O–H groups in total. The summed E-state index contributed by atoms with van der Waals surface area (Å²) in [6, 6.07) is 1.90. The van der Waals surface area contributed by atoms with Gasteiger partial charge in [0.25, 0.3) is 5.91 Å². The molecule has 0 saturated heterocycles. The summed E-state index contributed by atoms with van der Waals surface area (Å²) in [5, 5.41) is 8.46. The smallest absolute Gasteiger partial charge is 0.255 e. The molecular weight excluding hydrogens is 310 g/mol. The Hall–Kier alpha value is -1.66. The van der Waals surface area contributed by atoms with Crippen molar-refractivity contribution in [1.29, 1.82) is 0 Å². The number of hydrogen-bond acceptors (Lipinski definition) is 4. The lowest BCUT2D eigenvalue weighted by Gasteiger charge is -2.33. The van der Waals surface area contributed by atoms with Crippen molar-refractivity contribution in [2.75, 3.05) is 20.3 Å². The quantitative estimate of drug-likeness (QED) is 0.846. The van der Waals surface area contributed by atoms with Crippen LogP contribution in [0.3, 0.4) is 0 Å². The summed E-state index contributed by atoms with van der Waals surface area (Å²) in [4.78, 5) is 14.7. The molecule has 122 valence electrons. The molecule has 3 heterocycles. The van der Waals surface area contributed by atoms with Gasteiger partial charge in [-0.15, -0.1) is 0 Å². The second-order valence-electron chi connectivity index (χ2n) is 6.52. The number of carbonyl (C=O) groups excluding carboxylic acids is 1. The van der Waals surface area contributed by atoms with Crippen molar-refractivity contribution < 1.29 is 9.53 Å². The van der Waals surface area contributed by atoms with E-state index in [1.165, 1.54) is 24.1 Å². The normalized spacial score (nSPS) is 20.6. The van der Waals surface area contributed by atoms with Crippen LogP contribution in [-0.4, -0.2) is 40.8 Å². The van der Waals surface area contributed by atoms with Crippen molar-refractivity contribution in [3.8, 4) is 0 Å². The highest BCUT2D eigenvalue weighted by Gasteiger charge is 2.33. The molecule has 1 amide bonds. The Morgan fingerprint density at radius 2 is 2.35 bits per heavy atom. The topological polar surface area (TPSA) is 47.4 Å². The van der Waals surface area contributed by atoms with Crippen LogP contribution in [0.25, 0.3) is 0 Å². The number of rotatable bonds is 5. The van der Waals surface area contributed by atoms with E-state index in [2.05, 4.69) is 9.78 Å². The maximum Gasteiger partial charge on any atom is 0.255 e. The Balaban J connectivity index is 1.62. The largest absolute Gasteiger partial charge is 0.384 e. The number of carbonyl (C=O) groups is 1. The van der Waals surface area contributed by atoms with Gasteiger partial charge in [0.2, 0.25) is 0 Å². The fourth-order valence-electron chi connectivity index (χ4n) is 3.32. The summed E-state index contributed by atoms with van der Waals surface area (Å²) >= 11 is 1.56. The lowest BCUT2D eigenvalue weighted by Crippen LogP contribution is -2.40. The number of ether oxygens (including phenoxy) is 1. The van der Waals surface area contributed by atoms with Crippen molar-refractivity contribution in [1.82, 2.24) is 14.7 Å². The van der Waals surface area contributed by atoms with Gasteiger partial charge in [-0.05, 0) is 30.2 Å². The average molecular weight is 331 g/mol. The van der Waals surface area contributed by atoms with Crippen LogP contribution < -0.4 is 0 Å². The summed E-state index contributed by atoms with van der Waals surface area (Å²) in [6.45, 7) is 2.95. The van der Waals surface area contributed by atoms with E-state index >= 15 is 0 Å². The number of fused-ring (bicyclic) bond motifs is 1. The molecule has 1 aliphatic carbocycles. The first kappa shape index (κ1) is 14.9. The molecule has 2 aliphatic rings. The van der Waals surface area contributed by atoms with E-state index in [-0.39, 0.29) is 11.8 Å². The van der Waals surface area contributed by atoms with Gasteiger partial charge >= 0.3 is 0 Å². The van der Waals surface area contributed by atoms with Crippen molar-refractivity contribution in [3.63, 3.8) is 0 Å². The maximum atomic E-state index is 12.8. The summed E-state index contributed by atoms with van der Waals surface area (Å²) in [6.07, 6.45) is 4.58. The van der Waals surface area contributed by atoms with Crippen LogP contribution in [0.15, 0.2) is 23.0 Å². The summed E-state index contributed by atoms with van der Waals surface area (Å²) in [5.41, 5.74) is 3.22. The van der Waals surface area contributed by atoms with E-state index in [0.29, 0.717) is 19.7 Å². The third-order valence-electron chi connectivity index (χ3n) is 4.75. The Labute approximate surface area is 139 Å². The lowest BCUT2D eigenvalue weighted by atomic mass is 9.95. The minimum absolute atomic E-state index is 0.108. The van der Waals surface area contributed by atoms with Gasteiger partial charge < -0.3 is 9.64 Å². The number of hydrogen-bond donors (Lipinski definition) is 0. The standard InChI is InChI=1S/C17H21N3O2S/c1-22-10-14-8-19(17(21)13-4-5-23-11-13)9-16-15(14)6-18-20(16)7-12-2-3-12/h4-6,11-12,14H,2-3,7-10H2,1H3. The fraction of sp³-hybridized carbons (Fsp3) is 0.529. The van der Waals surface area contributed by atoms with Crippen LogP contribution in [0.5, 0.6) is 0 Å². The van der Waals surface area contributed by atoms with Gasteiger partial charge in [-0.2, -0.15) is 16.4 Å². The van der Waals surface area contributed by atoms with Crippen LogP contribution in [0.1, 0.15) is 40.4 Å². The zero-order valence-electron chi connectivity index (χ0n) is 13.3. The highest BCUT2D eigenvalue weighted by atomic mass is 32.1. The molecule has 2 aromatic rings. The van der Waals surface area contributed by atoms with Gasteiger partial charge in [0.05, 0.1) is 30.6 Å². The molecule has 5 nitrogen and oxygen atoms in total. The fourth-order valence-corrected chi connectivity index (χ4v) is 3.95. The van der Waals surface area contributed by atoms with E-state index < -0.39 is 0 Å². The molecule has 6 heteroatoms. The Kier molecular flexibility index (Phi) is 3.95. The first-order valence-electron chi connectivity index (χ1n) is 8.11. The molecule has 0 spiro atoms. The van der Waals surface area contributed by atoms with E-state index in [9.17, 15) is 4.79 Å². The molecule has 23 heavy (non-hydrogen) atoms. The summed E-state index contributed by atoms with van der Waals surface area (Å²) in [7, 11) is 1.72. The number of aromatic nitrogens is 2. The Bertz CT molecular complexity index is 691. The molecule has 1 atom stereocenters. The molecular formula is C17H21N3O2S. The molecule has 0 radical (unpaired) electrons. The number of thiophene rings is 1.